The first-order valence-electron chi connectivity index (χ1n) is 7.72. The second-order valence-electron chi connectivity index (χ2n) is 5.24. The molecule has 0 saturated heterocycles. The molecule has 3 rings (SSSR count). The number of hydrogen-bond donors (Lipinski definition) is 2. The molecule has 0 spiro atoms. The Balaban J connectivity index is 2.35. The molecule has 0 unspecified atom stereocenters. The maximum Gasteiger partial charge on any atom is 0.340 e. The lowest BCUT2D eigenvalue weighted by Crippen LogP contribution is -2.08. The lowest BCUT2D eigenvalue weighted by atomic mass is 10.0. The Kier molecular flexibility index (Phi) is 4.33. The molecule has 0 atom stereocenters. The zero-order valence-electron chi connectivity index (χ0n) is 13.5. The van der Waals surface area contributed by atoms with Crippen molar-refractivity contribution in [2.45, 2.75) is 6.92 Å². The summed E-state index contributed by atoms with van der Waals surface area (Å²) in [5, 5.41) is 13.5. The number of aromatic nitrogens is 1. The summed E-state index contributed by atoms with van der Waals surface area (Å²) in [5.74, 6) is -0.332. The van der Waals surface area contributed by atoms with Gasteiger partial charge in [-0.1, -0.05) is 30.3 Å². The van der Waals surface area contributed by atoms with Gasteiger partial charge in [-0.3, -0.25) is 0 Å². The van der Waals surface area contributed by atoms with Gasteiger partial charge in [-0.05, 0) is 25.1 Å². The summed E-state index contributed by atoms with van der Waals surface area (Å²) in [6.45, 7) is 2.45. The first kappa shape index (κ1) is 15.8. The summed E-state index contributed by atoms with van der Waals surface area (Å²) in [6.07, 6.45) is 0. The van der Waals surface area contributed by atoms with Gasteiger partial charge in [0.25, 0.3) is 0 Å². The van der Waals surface area contributed by atoms with Gasteiger partial charge in [-0.25, -0.2) is 9.78 Å². The van der Waals surface area contributed by atoms with Crippen molar-refractivity contribution in [1.82, 2.24) is 4.98 Å². The molecule has 0 aliphatic carbocycles. The lowest BCUT2D eigenvalue weighted by Gasteiger charge is -2.15. The quantitative estimate of drug-likeness (QED) is 0.742. The molecule has 2 aromatic carbocycles. The second-order valence-corrected chi connectivity index (χ2v) is 5.24. The molecular weight excluding hydrogens is 304 g/mol. The minimum atomic E-state index is -1.02. The van der Waals surface area contributed by atoms with E-state index in [1.807, 2.05) is 55.5 Å². The smallest absolute Gasteiger partial charge is 0.340 e. The standard InChI is InChI=1S/C19H18N2O3/c1-3-24-13-9-10-15-14(11-13)18(20-2)16(19(22)23)17(21-15)12-7-5-4-6-8-12/h4-11H,3H2,1-2H3,(H,20,21)(H,22,23). The maximum absolute atomic E-state index is 11.9. The molecule has 2 N–H and O–H groups in total. The van der Waals surface area contributed by atoms with E-state index in [0.29, 0.717) is 29.3 Å². The third kappa shape index (κ3) is 2.76. The Morgan fingerprint density at radius 3 is 2.58 bits per heavy atom. The van der Waals surface area contributed by atoms with E-state index in [2.05, 4.69) is 10.3 Å². The molecule has 0 aliphatic rings. The topological polar surface area (TPSA) is 71.5 Å². The van der Waals surface area contributed by atoms with Crippen molar-refractivity contribution < 1.29 is 14.6 Å². The van der Waals surface area contributed by atoms with E-state index in [1.54, 1.807) is 7.05 Å². The molecule has 5 heteroatoms. The summed E-state index contributed by atoms with van der Waals surface area (Å²) >= 11 is 0. The van der Waals surface area contributed by atoms with Crippen LogP contribution >= 0.6 is 0 Å². The largest absolute Gasteiger partial charge is 0.494 e. The molecule has 0 radical (unpaired) electrons. The Hall–Kier alpha value is -3.08. The summed E-state index contributed by atoms with van der Waals surface area (Å²) in [5.41, 5.74) is 2.62. The number of carbonyl (C=O) groups is 1. The summed E-state index contributed by atoms with van der Waals surface area (Å²) in [6, 6.07) is 14.8. The number of hydrogen-bond acceptors (Lipinski definition) is 4. The fourth-order valence-corrected chi connectivity index (χ4v) is 2.77. The van der Waals surface area contributed by atoms with Gasteiger partial charge in [-0.15, -0.1) is 0 Å². The van der Waals surface area contributed by atoms with Crippen molar-refractivity contribution >= 4 is 22.6 Å². The van der Waals surface area contributed by atoms with Crippen molar-refractivity contribution in [3.8, 4) is 17.0 Å². The van der Waals surface area contributed by atoms with Crippen LogP contribution in [0.2, 0.25) is 0 Å². The van der Waals surface area contributed by atoms with Gasteiger partial charge in [-0.2, -0.15) is 0 Å². The van der Waals surface area contributed by atoms with Crippen LogP contribution in [0.4, 0.5) is 5.69 Å². The number of aromatic carboxylic acids is 1. The Labute approximate surface area is 139 Å². The number of rotatable bonds is 5. The number of pyridine rings is 1. The Bertz CT molecular complexity index is 892. The van der Waals surface area contributed by atoms with Gasteiger partial charge in [0, 0.05) is 18.0 Å². The number of nitrogens with zero attached hydrogens (tertiary/aromatic N) is 1. The normalized spacial score (nSPS) is 10.6. The van der Waals surface area contributed by atoms with Gasteiger partial charge < -0.3 is 15.2 Å². The van der Waals surface area contributed by atoms with Crippen LogP contribution in [0.15, 0.2) is 48.5 Å². The molecule has 0 bridgehead atoms. The highest BCUT2D eigenvalue weighted by atomic mass is 16.5. The summed E-state index contributed by atoms with van der Waals surface area (Å²) < 4.78 is 5.53. The highest BCUT2D eigenvalue weighted by molar-refractivity contribution is 6.09. The van der Waals surface area contributed by atoms with E-state index >= 15 is 0 Å². The fraction of sp³-hybridized carbons (Fsp3) is 0.158. The molecule has 122 valence electrons. The average molecular weight is 322 g/mol. The minimum absolute atomic E-state index is 0.157. The van der Waals surface area contributed by atoms with Crippen molar-refractivity contribution in [2.75, 3.05) is 19.0 Å². The highest BCUT2D eigenvalue weighted by Crippen LogP contribution is 2.35. The first-order valence-corrected chi connectivity index (χ1v) is 7.72. The minimum Gasteiger partial charge on any atom is -0.494 e. The Morgan fingerprint density at radius 2 is 1.96 bits per heavy atom. The van der Waals surface area contributed by atoms with E-state index in [9.17, 15) is 9.90 Å². The monoisotopic (exact) mass is 322 g/mol. The van der Waals surface area contributed by atoms with Crippen LogP contribution in [0.1, 0.15) is 17.3 Å². The zero-order chi connectivity index (χ0) is 17.1. The van der Waals surface area contributed by atoms with E-state index in [4.69, 9.17) is 4.74 Å². The molecule has 1 heterocycles. The van der Waals surface area contributed by atoms with E-state index in [1.165, 1.54) is 0 Å². The molecule has 0 fully saturated rings. The van der Waals surface area contributed by atoms with Crippen molar-refractivity contribution in [3.05, 3.63) is 54.1 Å². The van der Waals surface area contributed by atoms with Crippen molar-refractivity contribution in [2.24, 2.45) is 0 Å². The average Bonchev–Trinajstić information content (AvgIpc) is 2.61. The molecule has 0 saturated carbocycles. The SMILES string of the molecule is CCOc1ccc2nc(-c3ccccc3)c(C(=O)O)c(NC)c2c1. The van der Waals surface area contributed by atoms with E-state index < -0.39 is 5.97 Å². The number of ether oxygens (including phenoxy) is 1. The molecule has 24 heavy (non-hydrogen) atoms. The van der Waals surface area contributed by atoms with Crippen LogP contribution in [-0.4, -0.2) is 29.7 Å². The molecule has 0 aliphatic heterocycles. The van der Waals surface area contributed by atoms with Gasteiger partial charge in [0.15, 0.2) is 0 Å². The number of fused-ring (bicyclic) bond motifs is 1. The molecule has 0 amide bonds. The van der Waals surface area contributed by atoms with Crippen LogP contribution in [-0.2, 0) is 0 Å². The third-order valence-electron chi connectivity index (χ3n) is 3.78. The van der Waals surface area contributed by atoms with Crippen LogP contribution in [0.25, 0.3) is 22.2 Å². The van der Waals surface area contributed by atoms with Crippen LogP contribution in [0.3, 0.4) is 0 Å². The fourth-order valence-electron chi connectivity index (χ4n) is 2.77. The second kappa shape index (κ2) is 6.58. The highest BCUT2D eigenvalue weighted by Gasteiger charge is 2.21. The number of carboxylic acid groups (broad SMARTS) is 1. The number of anilines is 1. The van der Waals surface area contributed by atoms with E-state index in [-0.39, 0.29) is 5.56 Å². The summed E-state index contributed by atoms with van der Waals surface area (Å²) in [7, 11) is 1.71. The zero-order valence-corrected chi connectivity index (χ0v) is 13.5. The Morgan fingerprint density at radius 1 is 1.21 bits per heavy atom. The van der Waals surface area contributed by atoms with Gasteiger partial charge in [0.05, 0.1) is 23.5 Å². The summed E-state index contributed by atoms with van der Waals surface area (Å²) in [4.78, 5) is 16.5. The molecule has 5 nitrogen and oxygen atoms in total. The number of benzene rings is 2. The van der Waals surface area contributed by atoms with Crippen molar-refractivity contribution in [1.29, 1.82) is 0 Å². The first-order chi connectivity index (χ1) is 11.7. The molecule has 3 aromatic rings. The number of nitrogens with one attached hydrogen (secondary N) is 1. The molecular formula is C19H18N2O3. The lowest BCUT2D eigenvalue weighted by molar-refractivity contribution is 0.0698. The van der Waals surface area contributed by atoms with Gasteiger partial charge in [0.1, 0.15) is 11.3 Å². The van der Waals surface area contributed by atoms with Gasteiger partial charge >= 0.3 is 5.97 Å². The van der Waals surface area contributed by atoms with Crippen LogP contribution in [0, 0.1) is 0 Å². The maximum atomic E-state index is 11.9. The molecule has 1 aromatic heterocycles. The number of carboxylic acids is 1. The van der Waals surface area contributed by atoms with E-state index in [0.717, 1.165) is 10.9 Å². The predicted molar refractivity (Wildman–Crippen MR) is 94.9 cm³/mol. The van der Waals surface area contributed by atoms with Crippen LogP contribution < -0.4 is 10.1 Å². The predicted octanol–water partition coefficient (Wildman–Crippen LogP) is 4.04. The van der Waals surface area contributed by atoms with Crippen molar-refractivity contribution in [3.63, 3.8) is 0 Å². The van der Waals surface area contributed by atoms with Gasteiger partial charge in [0.2, 0.25) is 0 Å². The third-order valence-corrected chi connectivity index (χ3v) is 3.78. The van der Waals surface area contributed by atoms with Crippen LogP contribution in [0.5, 0.6) is 5.75 Å².